The molecule has 0 amide bonds. The van der Waals surface area contributed by atoms with Gasteiger partial charge in [-0.05, 0) is 12.8 Å². The second kappa shape index (κ2) is 6.20. The summed E-state index contributed by atoms with van der Waals surface area (Å²) in [5.74, 6) is 1.35. The molecule has 1 fully saturated rings. The zero-order valence-corrected chi connectivity index (χ0v) is 13.5. The van der Waals surface area contributed by atoms with E-state index in [0.29, 0.717) is 12.3 Å². The molecule has 6 nitrogen and oxygen atoms in total. The summed E-state index contributed by atoms with van der Waals surface area (Å²) in [6.45, 7) is 0.514. The van der Waals surface area contributed by atoms with Crippen LogP contribution in [-0.4, -0.2) is 36.8 Å². The van der Waals surface area contributed by atoms with Crippen molar-refractivity contribution in [2.24, 2.45) is 0 Å². The summed E-state index contributed by atoms with van der Waals surface area (Å²) in [6, 6.07) is 12.0. The van der Waals surface area contributed by atoms with Crippen LogP contribution in [0.5, 0.6) is 0 Å². The summed E-state index contributed by atoms with van der Waals surface area (Å²) < 4.78 is 1.68. The molecule has 0 unspecified atom stereocenters. The maximum atomic E-state index is 10.7. The Morgan fingerprint density at radius 2 is 1.92 bits per heavy atom. The van der Waals surface area contributed by atoms with E-state index in [1.54, 1.807) is 4.52 Å². The number of nitrogens with one attached hydrogen (secondary N) is 1. The number of fused-ring (bicyclic) bond motifs is 1. The largest absolute Gasteiger partial charge is 0.388 e. The van der Waals surface area contributed by atoms with Crippen LogP contribution in [0.2, 0.25) is 0 Å². The molecule has 2 aromatic heterocycles. The molecular formula is C18H21N5O. The van der Waals surface area contributed by atoms with Crippen molar-refractivity contribution in [2.75, 3.05) is 11.9 Å². The van der Waals surface area contributed by atoms with E-state index in [9.17, 15) is 5.11 Å². The van der Waals surface area contributed by atoms with E-state index in [-0.39, 0.29) is 0 Å². The number of benzene rings is 1. The van der Waals surface area contributed by atoms with Crippen molar-refractivity contribution < 1.29 is 5.11 Å². The van der Waals surface area contributed by atoms with Gasteiger partial charge in [-0.3, -0.25) is 0 Å². The zero-order chi connectivity index (χ0) is 16.4. The molecule has 4 rings (SSSR count). The van der Waals surface area contributed by atoms with Crippen molar-refractivity contribution in [1.29, 1.82) is 0 Å². The van der Waals surface area contributed by atoms with Crippen LogP contribution in [0.1, 0.15) is 32.1 Å². The van der Waals surface area contributed by atoms with Gasteiger partial charge in [-0.25, -0.2) is 4.98 Å². The number of anilines is 1. The first kappa shape index (κ1) is 15.1. The van der Waals surface area contributed by atoms with Gasteiger partial charge in [-0.15, -0.1) is 0 Å². The molecule has 0 saturated heterocycles. The summed E-state index contributed by atoms with van der Waals surface area (Å²) in [6.07, 6.45) is 6.57. The molecule has 1 saturated carbocycles. The molecule has 0 spiro atoms. The number of hydrogen-bond acceptors (Lipinski definition) is 5. The topological polar surface area (TPSA) is 75.3 Å². The van der Waals surface area contributed by atoms with Gasteiger partial charge in [0.25, 0.3) is 5.78 Å². The maximum absolute atomic E-state index is 10.7. The third-order valence-corrected chi connectivity index (χ3v) is 4.70. The first-order valence-corrected chi connectivity index (χ1v) is 8.46. The second-order valence-corrected chi connectivity index (χ2v) is 6.50. The van der Waals surface area contributed by atoms with Gasteiger partial charge in [0.1, 0.15) is 12.1 Å². The minimum atomic E-state index is -0.638. The quantitative estimate of drug-likeness (QED) is 0.772. The Morgan fingerprint density at radius 1 is 1.12 bits per heavy atom. The Balaban J connectivity index is 1.65. The lowest BCUT2D eigenvalue weighted by Gasteiger charge is -2.32. The average molecular weight is 323 g/mol. The lowest BCUT2D eigenvalue weighted by atomic mass is 9.85. The van der Waals surface area contributed by atoms with E-state index in [1.165, 1.54) is 12.7 Å². The molecule has 3 aromatic rings. The van der Waals surface area contributed by atoms with Gasteiger partial charge in [0.2, 0.25) is 0 Å². The molecule has 2 heterocycles. The van der Waals surface area contributed by atoms with Gasteiger partial charge in [0.15, 0.2) is 0 Å². The van der Waals surface area contributed by atoms with Crippen LogP contribution < -0.4 is 5.32 Å². The zero-order valence-electron chi connectivity index (χ0n) is 13.5. The normalized spacial score (nSPS) is 17.0. The number of aliphatic hydroxyl groups is 1. The van der Waals surface area contributed by atoms with Gasteiger partial charge in [0.05, 0.1) is 11.3 Å². The standard InChI is InChI=1S/C18H21N5O/c24-18(9-5-2-6-10-18)12-19-16-11-15(14-7-3-1-4-8-14)22-17-20-13-21-23(16)17/h1,3-4,7-8,11,13,19,24H,2,5-6,9-10,12H2. The molecule has 0 atom stereocenters. The SMILES string of the molecule is OC1(CNc2cc(-c3ccccc3)nc3ncnn23)CCCCC1. The van der Waals surface area contributed by atoms with E-state index in [0.717, 1.165) is 42.8 Å². The summed E-state index contributed by atoms with van der Waals surface area (Å²) >= 11 is 0. The van der Waals surface area contributed by atoms with E-state index in [4.69, 9.17) is 0 Å². The van der Waals surface area contributed by atoms with Crippen LogP contribution >= 0.6 is 0 Å². The molecule has 0 aliphatic heterocycles. The molecule has 0 bridgehead atoms. The van der Waals surface area contributed by atoms with Crippen LogP contribution in [0, 0.1) is 0 Å². The van der Waals surface area contributed by atoms with Crippen molar-refractivity contribution in [1.82, 2.24) is 19.6 Å². The van der Waals surface area contributed by atoms with Gasteiger partial charge >= 0.3 is 0 Å². The van der Waals surface area contributed by atoms with Gasteiger partial charge < -0.3 is 10.4 Å². The number of hydrogen-bond donors (Lipinski definition) is 2. The van der Waals surface area contributed by atoms with Crippen LogP contribution in [0.4, 0.5) is 5.82 Å². The van der Waals surface area contributed by atoms with E-state index >= 15 is 0 Å². The predicted molar refractivity (Wildman–Crippen MR) is 92.7 cm³/mol. The molecule has 1 aliphatic carbocycles. The average Bonchev–Trinajstić information content (AvgIpc) is 3.10. The fraction of sp³-hybridized carbons (Fsp3) is 0.389. The first-order valence-electron chi connectivity index (χ1n) is 8.46. The van der Waals surface area contributed by atoms with Crippen molar-refractivity contribution in [2.45, 2.75) is 37.7 Å². The highest BCUT2D eigenvalue weighted by Gasteiger charge is 2.29. The molecule has 0 radical (unpaired) electrons. The van der Waals surface area contributed by atoms with Gasteiger partial charge in [-0.2, -0.15) is 14.6 Å². The van der Waals surface area contributed by atoms with Crippen molar-refractivity contribution >= 4 is 11.6 Å². The molecular weight excluding hydrogens is 302 g/mol. The van der Waals surface area contributed by atoms with E-state index < -0.39 is 5.60 Å². The fourth-order valence-corrected chi connectivity index (χ4v) is 3.34. The monoisotopic (exact) mass is 323 g/mol. The summed E-state index contributed by atoms with van der Waals surface area (Å²) in [5.41, 5.74) is 1.23. The minimum absolute atomic E-state index is 0.514. The van der Waals surface area contributed by atoms with Gasteiger partial charge in [-0.1, -0.05) is 49.6 Å². The molecule has 1 aromatic carbocycles. The fourth-order valence-electron chi connectivity index (χ4n) is 3.34. The molecule has 6 heteroatoms. The van der Waals surface area contributed by atoms with Crippen LogP contribution in [0.15, 0.2) is 42.7 Å². The van der Waals surface area contributed by atoms with Crippen molar-refractivity contribution in [3.8, 4) is 11.3 Å². The van der Waals surface area contributed by atoms with E-state index in [2.05, 4.69) is 20.4 Å². The number of rotatable bonds is 4. The molecule has 2 N–H and O–H groups in total. The predicted octanol–water partition coefficient (Wildman–Crippen LogP) is 2.90. The lowest BCUT2D eigenvalue weighted by Crippen LogP contribution is -2.39. The Kier molecular flexibility index (Phi) is 3.90. The van der Waals surface area contributed by atoms with Gasteiger partial charge in [0, 0.05) is 18.2 Å². The number of nitrogens with zero attached hydrogens (tertiary/aromatic N) is 4. The van der Waals surface area contributed by atoms with Crippen LogP contribution in [0.25, 0.3) is 17.0 Å². The molecule has 124 valence electrons. The summed E-state index contributed by atoms with van der Waals surface area (Å²) in [7, 11) is 0. The lowest BCUT2D eigenvalue weighted by molar-refractivity contribution is 0.0166. The molecule has 1 aliphatic rings. The highest BCUT2D eigenvalue weighted by Crippen LogP contribution is 2.29. The smallest absolute Gasteiger partial charge is 0.254 e. The van der Waals surface area contributed by atoms with Crippen LogP contribution in [0.3, 0.4) is 0 Å². The minimum Gasteiger partial charge on any atom is -0.388 e. The molecule has 24 heavy (non-hydrogen) atoms. The Hall–Kier alpha value is -2.47. The van der Waals surface area contributed by atoms with Crippen molar-refractivity contribution in [3.05, 3.63) is 42.7 Å². The van der Waals surface area contributed by atoms with Crippen molar-refractivity contribution in [3.63, 3.8) is 0 Å². The third kappa shape index (κ3) is 2.97. The highest BCUT2D eigenvalue weighted by atomic mass is 16.3. The Bertz CT molecular complexity index is 824. The first-order chi connectivity index (χ1) is 11.7. The number of aromatic nitrogens is 4. The Labute approximate surface area is 140 Å². The van der Waals surface area contributed by atoms with E-state index in [1.807, 2.05) is 36.4 Å². The third-order valence-electron chi connectivity index (χ3n) is 4.70. The highest BCUT2D eigenvalue weighted by molar-refractivity contribution is 5.65. The van der Waals surface area contributed by atoms with Crippen LogP contribution in [-0.2, 0) is 0 Å². The Morgan fingerprint density at radius 3 is 2.71 bits per heavy atom. The second-order valence-electron chi connectivity index (χ2n) is 6.50. The summed E-state index contributed by atoms with van der Waals surface area (Å²) in [4.78, 5) is 8.78. The summed E-state index contributed by atoms with van der Waals surface area (Å²) in [5, 5.41) is 18.3. The maximum Gasteiger partial charge on any atom is 0.254 e.